The number of anilines is 1. The highest BCUT2D eigenvalue weighted by molar-refractivity contribution is 7.98. The summed E-state index contributed by atoms with van der Waals surface area (Å²) in [5.41, 5.74) is 0.804. The number of amides is 2. The Labute approximate surface area is 111 Å². The van der Waals surface area contributed by atoms with E-state index in [-0.39, 0.29) is 18.2 Å². The van der Waals surface area contributed by atoms with E-state index in [2.05, 4.69) is 5.32 Å². The predicted molar refractivity (Wildman–Crippen MR) is 74.0 cm³/mol. The second kappa shape index (κ2) is 5.63. The molecule has 0 bridgehead atoms. The van der Waals surface area contributed by atoms with Crippen LogP contribution in [0.5, 0.6) is 0 Å². The number of rotatable bonds is 3. The third-order valence-corrected chi connectivity index (χ3v) is 4.00. The first-order valence-corrected chi connectivity index (χ1v) is 7.18. The lowest BCUT2D eigenvalue weighted by molar-refractivity contribution is 0.0282. The Balaban J connectivity index is 1.93. The van der Waals surface area contributed by atoms with Crippen molar-refractivity contribution in [3.8, 4) is 0 Å². The molecule has 1 aromatic rings. The lowest BCUT2D eigenvalue weighted by Gasteiger charge is -2.38. The minimum Gasteiger partial charge on any atom is -0.393 e. The van der Waals surface area contributed by atoms with Crippen LogP contribution < -0.4 is 5.32 Å². The molecule has 4 nitrogen and oxygen atoms in total. The van der Waals surface area contributed by atoms with Crippen LogP contribution in [0.2, 0.25) is 0 Å². The summed E-state index contributed by atoms with van der Waals surface area (Å²) >= 11 is 1.64. The minimum atomic E-state index is -0.245. The molecule has 0 atom stereocenters. The van der Waals surface area contributed by atoms with Crippen molar-refractivity contribution in [1.82, 2.24) is 4.90 Å². The number of hydrogen-bond donors (Lipinski definition) is 2. The Bertz CT molecular complexity index is 433. The van der Waals surface area contributed by atoms with Crippen LogP contribution in [0.15, 0.2) is 29.2 Å². The maximum atomic E-state index is 12.0. The molecule has 0 heterocycles. The third kappa shape index (κ3) is 2.97. The molecule has 0 saturated heterocycles. The SMILES string of the molecule is CSc1cccc(NC(=O)N(C)C2CC(O)C2)c1. The number of nitrogens with zero attached hydrogens (tertiary/aromatic N) is 1. The van der Waals surface area contributed by atoms with E-state index in [0.717, 1.165) is 10.6 Å². The Morgan fingerprint density at radius 3 is 2.83 bits per heavy atom. The zero-order valence-electron chi connectivity index (χ0n) is 10.6. The van der Waals surface area contributed by atoms with Crippen LogP contribution in [0.25, 0.3) is 0 Å². The zero-order valence-corrected chi connectivity index (χ0v) is 11.4. The van der Waals surface area contributed by atoms with Gasteiger partial charge in [0.05, 0.1) is 6.10 Å². The van der Waals surface area contributed by atoms with E-state index in [1.807, 2.05) is 30.5 Å². The number of aliphatic hydroxyl groups is 1. The van der Waals surface area contributed by atoms with E-state index in [0.29, 0.717) is 12.8 Å². The van der Waals surface area contributed by atoms with E-state index in [9.17, 15) is 9.90 Å². The molecule has 1 fully saturated rings. The predicted octanol–water partition coefficient (Wildman–Crippen LogP) is 2.40. The lowest BCUT2D eigenvalue weighted by Crippen LogP contribution is -2.49. The molecule has 0 aliphatic heterocycles. The summed E-state index contributed by atoms with van der Waals surface area (Å²) in [6.45, 7) is 0. The maximum absolute atomic E-state index is 12.0. The Morgan fingerprint density at radius 1 is 1.50 bits per heavy atom. The van der Waals surface area contributed by atoms with Gasteiger partial charge in [0.2, 0.25) is 0 Å². The number of aliphatic hydroxyl groups excluding tert-OH is 1. The Morgan fingerprint density at radius 2 is 2.22 bits per heavy atom. The first-order chi connectivity index (χ1) is 8.60. The monoisotopic (exact) mass is 266 g/mol. The number of benzene rings is 1. The van der Waals surface area contributed by atoms with Crippen molar-refractivity contribution in [3.63, 3.8) is 0 Å². The number of hydrogen-bond acceptors (Lipinski definition) is 3. The molecule has 0 aromatic heterocycles. The molecule has 18 heavy (non-hydrogen) atoms. The fourth-order valence-corrected chi connectivity index (χ4v) is 2.41. The summed E-state index contributed by atoms with van der Waals surface area (Å²) in [7, 11) is 1.77. The molecular formula is C13H18N2O2S. The van der Waals surface area contributed by atoms with Crippen LogP contribution in [0.3, 0.4) is 0 Å². The zero-order chi connectivity index (χ0) is 13.1. The quantitative estimate of drug-likeness (QED) is 0.826. The van der Waals surface area contributed by atoms with Gasteiger partial charge in [0, 0.05) is 23.7 Å². The van der Waals surface area contributed by atoms with Gasteiger partial charge < -0.3 is 15.3 Å². The van der Waals surface area contributed by atoms with Gasteiger partial charge in [-0.3, -0.25) is 0 Å². The van der Waals surface area contributed by atoms with Crippen molar-refractivity contribution in [2.24, 2.45) is 0 Å². The highest BCUT2D eigenvalue weighted by Crippen LogP contribution is 2.25. The van der Waals surface area contributed by atoms with Gasteiger partial charge in [-0.25, -0.2) is 4.79 Å². The molecule has 0 spiro atoms. The maximum Gasteiger partial charge on any atom is 0.321 e. The van der Waals surface area contributed by atoms with E-state index in [4.69, 9.17) is 0 Å². The van der Waals surface area contributed by atoms with E-state index in [1.54, 1.807) is 23.7 Å². The van der Waals surface area contributed by atoms with Gasteiger partial charge in [0.15, 0.2) is 0 Å². The average molecular weight is 266 g/mol. The summed E-state index contributed by atoms with van der Waals surface area (Å²) < 4.78 is 0. The van der Waals surface area contributed by atoms with Crippen molar-refractivity contribution in [2.75, 3.05) is 18.6 Å². The van der Waals surface area contributed by atoms with Crippen LogP contribution in [0.4, 0.5) is 10.5 Å². The molecule has 1 aromatic carbocycles. The van der Waals surface area contributed by atoms with Crippen molar-refractivity contribution >= 4 is 23.5 Å². The molecule has 1 saturated carbocycles. The average Bonchev–Trinajstić information content (AvgIpc) is 2.34. The topological polar surface area (TPSA) is 52.6 Å². The smallest absolute Gasteiger partial charge is 0.321 e. The van der Waals surface area contributed by atoms with Gasteiger partial charge in [-0.05, 0) is 37.3 Å². The summed E-state index contributed by atoms with van der Waals surface area (Å²) in [5, 5.41) is 12.1. The fourth-order valence-electron chi connectivity index (χ4n) is 1.95. The van der Waals surface area contributed by atoms with Crippen molar-refractivity contribution in [2.45, 2.75) is 29.9 Å². The summed E-state index contributed by atoms with van der Waals surface area (Å²) in [5.74, 6) is 0. The molecule has 1 aliphatic rings. The van der Waals surface area contributed by atoms with Crippen molar-refractivity contribution < 1.29 is 9.90 Å². The summed E-state index contributed by atoms with van der Waals surface area (Å²) in [4.78, 5) is 14.8. The highest BCUT2D eigenvalue weighted by atomic mass is 32.2. The van der Waals surface area contributed by atoms with Crippen LogP contribution in [-0.4, -0.2) is 41.5 Å². The first kappa shape index (κ1) is 13.2. The highest BCUT2D eigenvalue weighted by Gasteiger charge is 2.32. The van der Waals surface area contributed by atoms with E-state index in [1.165, 1.54) is 0 Å². The summed E-state index contributed by atoms with van der Waals surface area (Å²) in [6.07, 6.45) is 3.11. The second-order valence-electron chi connectivity index (χ2n) is 4.55. The van der Waals surface area contributed by atoms with Crippen molar-refractivity contribution in [1.29, 1.82) is 0 Å². The Hall–Kier alpha value is -1.20. The standard InChI is InChI=1S/C13H18N2O2S/c1-15(10-7-11(16)8-10)13(17)14-9-4-3-5-12(6-9)18-2/h3-6,10-11,16H,7-8H2,1-2H3,(H,14,17). The number of thioether (sulfide) groups is 1. The fraction of sp³-hybridized carbons (Fsp3) is 0.462. The van der Waals surface area contributed by atoms with Gasteiger partial charge in [-0.1, -0.05) is 6.07 Å². The Kier molecular flexibility index (Phi) is 4.14. The van der Waals surface area contributed by atoms with E-state index >= 15 is 0 Å². The molecule has 2 rings (SSSR count). The van der Waals surface area contributed by atoms with Crippen LogP contribution in [0.1, 0.15) is 12.8 Å². The number of urea groups is 1. The van der Waals surface area contributed by atoms with Gasteiger partial charge in [-0.2, -0.15) is 0 Å². The van der Waals surface area contributed by atoms with Gasteiger partial charge >= 0.3 is 6.03 Å². The number of nitrogens with one attached hydrogen (secondary N) is 1. The lowest BCUT2D eigenvalue weighted by atomic mass is 9.88. The molecule has 1 aliphatic carbocycles. The molecule has 2 amide bonds. The van der Waals surface area contributed by atoms with Crippen LogP contribution in [0, 0.1) is 0 Å². The number of carbonyl (C=O) groups is 1. The molecule has 2 N–H and O–H groups in total. The van der Waals surface area contributed by atoms with Gasteiger partial charge in [-0.15, -0.1) is 11.8 Å². The minimum absolute atomic E-state index is 0.120. The third-order valence-electron chi connectivity index (χ3n) is 3.28. The molecule has 0 radical (unpaired) electrons. The second-order valence-corrected chi connectivity index (χ2v) is 5.43. The van der Waals surface area contributed by atoms with Crippen molar-refractivity contribution in [3.05, 3.63) is 24.3 Å². The molecule has 98 valence electrons. The van der Waals surface area contributed by atoms with Crippen LogP contribution >= 0.6 is 11.8 Å². The van der Waals surface area contributed by atoms with Crippen LogP contribution in [-0.2, 0) is 0 Å². The molecule has 0 unspecified atom stereocenters. The van der Waals surface area contributed by atoms with Gasteiger partial charge in [0.1, 0.15) is 0 Å². The molecule has 5 heteroatoms. The largest absolute Gasteiger partial charge is 0.393 e. The van der Waals surface area contributed by atoms with E-state index < -0.39 is 0 Å². The van der Waals surface area contributed by atoms with Gasteiger partial charge in [0.25, 0.3) is 0 Å². The molecular weight excluding hydrogens is 248 g/mol. The normalized spacial score (nSPS) is 22.2. The number of carbonyl (C=O) groups excluding carboxylic acids is 1. The summed E-state index contributed by atoms with van der Waals surface area (Å²) in [6, 6.07) is 7.79. The first-order valence-electron chi connectivity index (χ1n) is 5.96.